The first kappa shape index (κ1) is 31.7. The van der Waals surface area contributed by atoms with Crippen LogP contribution in [0.5, 0.6) is 0 Å². The summed E-state index contributed by atoms with van der Waals surface area (Å²) in [6, 6.07) is 26.9. The van der Waals surface area contributed by atoms with E-state index < -0.39 is 54.6 Å². The highest BCUT2D eigenvalue weighted by Crippen LogP contribution is 2.46. The maximum Gasteiger partial charge on any atom is 0.418 e. The number of carbonyl (C=O) groups is 3. The molecular weight excluding hydrogens is 614 g/mol. The van der Waals surface area contributed by atoms with Gasteiger partial charge in [-0.05, 0) is 48.7 Å². The Hall–Kier alpha value is -5.32. The van der Waals surface area contributed by atoms with Crippen LogP contribution in [0.1, 0.15) is 41.2 Å². The topological polar surface area (TPSA) is 79.3 Å². The van der Waals surface area contributed by atoms with E-state index in [1.807, 2.05) is 66.7 Å². The van der Waals surface area contributed by atoms with Gasteiger partial charge in [0.2, 0.25) is 11.5 Å². The number of fused-ring (bicyclic) bond motifs is 2. The van der Waals surface area contributed by atoms with E-state index in [9.17, 15) is 31.9 Å². The minimum atomic E-state index is -4.79. The monoisotopic (exact) mass is 643 g/mol. The number of ether oxygens (including phenoxy) is 1. The average Bonchev–Trinajstić information content (AvgIpc) is 3.54. The first-order valence-corrected chi connectivity index (χ1v) is 14.9. The molecule has 7 nitrogen and oxygen atoms in total. The average molecular weight is 644 g/mol. The number of halogens is 4. The lowest BCUT2D eigenvalue weighted by molar-refractivity contribution is -0.187. The zero-order valence-electron chi connectivity index (χ0n) is 25.2. The van der Waals surface area contributed by atoms with Crippen molar-refractivity contribution in [2.75, 3.05) is 6.54 Å². The smallest absolute Gasteiger partial charge is 0.418 e. The van der Waals surface area contributed by atoms with E-state index in [4.69, 9.17) is 9.73 Å². The zero-order valence-corrected chi connectivity index (χ0v) is 25.2. The first-order valence-electron chi connectivity index (χ1n) is 14.9. The van der Waals surface area contributed by atoms with Gasteiger partial charge >= 0.3 is 12.3 Å². The Balaban J connectivity index is 1.26. The molecular formula is C36H29F4N3O4. The van der Waals surface area contributed by atoms with Crippen molar-refractivity contribution in [2.45, 2.75) is 44.1 Å². The van der Waals surface area contributed by atoms with Crippen LogP contribution in [-0.4, -0.2) is 52.2 Å². The van der Waals surface area contributed by atoms with Crippen molar-refractivity contribution in [3.63, 3.8) is 0 Å². The Morgan fingerprint density at radius 3 is 2.15 bits per heavy atom. The van der Waals surface area contributed by atoms with E-state index in [0.29, 0.717) is 27.5 Å². The van der Waals surface area contributed by atoms with Crippen LogP contribution < -0.4 is 0 Å². The van der Waals surface area contributed by atoms with Crippen LogP contribution in [0.15, 0.2) is 108 Å². The second-order valence-electron chi connectivity index (χ2n) is 11.5. The number of rotatable bonds is 8. The van der Waals surface area contributed by atoms with Gasteiger partial charge in [-0.15, -0.1) is 0 Å². The number of imide groups is 1. The van der Waals surface area contributed by atoms with Crippen LogP contribution >= 0.6 is 0 Å². The van der Waals surface area contributed by atoms with Gasteiger partial charge in [0.05, 0.1) is 11.4 Å². The summed E-state index contributed by atoms with van der Waals surface area (Å²) in [5.41, 5.74) is 2.88. The predicted molar refractivity (Wildman–Crippen MR) is 165 cm³/mol. The quantitative estimate of drug-likeness (QED) is 0.152. The van der Waals surface area contributed by atoms with E-state index in [0.717, 1.165) is 41.5 Å². The molecule has 6 rings (SSSR count). The van der Waals surface area contributed by atoms with E-state index in [2.05, 4.69) is 0 Å². The molecule has 2 atom stereocenters. The van der Waals surface area contributed by atoms with Crippen molar-refractivity contribution in [2.24, 2.45) is 4.99 Å². The normalized spacial score (nSPS) is 17.8. The van der Waals surface area contributed by atoms with Crippen molar-refractivity contribution in [3.8, 4) is 0 Å². The van der Waals surface area contributed by atoms with E-state index >= 15 is 0 Å². The number of hydrogen-bond donors (Lipinski definition) is 0. The van der Waals surface area contributed by atoms with Crippen LogP contribution in [0.25, 0.3) is 0 Å². The summed E-state index contributed by atoms with van der Waals surface area (Å²) in [5, 5.41) is 0. The lowest BCUT2D eigenvalue weighted by Gasteiger charge is -2.31. The van der Waals surface area contributed by atoms with E-state index in [1.54, 1.807) is 12.1 Å². The van der Waals surface area contributed by atoms with Crippen LogP contribution in [-0.2, 0) is 32.9 Å². The van der Waals surface area contributed by atoms with Crippen LogP contribution in [0.3, 0.4) is 0 Å². The molecule has 11 heteroatoms. The standard InChI is InChI=1S/C36H29F4N3O4/c1-23(36(38,39)40)42(21-24-12-14-28(37)15-13-24)31(44)22-43-33(45)35(47-34(43)46)19-18-27-20-29(16-17-30(27)35)41-32(25-8-4-2-5-9-25)26-10-6-3-7-11-26/h2-17,20,23H,18-19,21-22H2,1H3/t23-,35+/m0/s1. The van der Waals surface area contributed by atoms with Gasteiger partial charge in [0, 0.05) is 29.7 Å². The summed E-state index contributed by atoms with van der Waals surface area (Å²) in [5.74, 6) is -2.52. The maximum absolute atomic E-state index is 13.8. The summed E-state index contributed by atoms with van der Waals surface area (Å²) in [7, 11) is 0. The van der Waals surface area contributed by atoms with Gasteiger partial charge in [-0.1, -0.05) is 78.9 Å². The van der Waals surface area contributed by atoms with E-state index in [-0.39, 0.29) is 12.0 Å². The minimum absolute atomic E-state index is 0.104. The fraction of sp³-hybridized carbons (Fsp3) is 0.222. The van der Waals surface area contributed by atoms with Gasteiger partial charge in [0.1, 0.15) is 18.4 Å². The number of carbonyl (C=O) groups excluding carboxylic acids is 3. The third kappa shape index (κ3) is 6.25. The molecule has 0 N–H and O–H groups in total. The third-order valence-electron chi connectivity index (χ3n) is 8.50. The van der Waals surface area contributed by atoms with Crippen molar-refractivity contribution in [3.05, 3.63) is 137 Å². The van der Waals surface area contributed by atoms with Crippen molar-refractivity contribution in [1.82, 2.24) is 9.80 Å². The Kier molecular flexibility index (Phi) is 8.40. The first-order chi connectivity index (χ1) is 22.5. The van der Waals surface area contributed by atoms with Gasteiger partial charge < -0.3 is 9.64 Å². The van der Waals surface area contributed by atoms with Gasteiger partial charge in [-0.3, -0.25) is 9.59 Å². The number of amides is 3. The summed E-state index contributed by atoms with van der Waals surface area (Å²) in [6.45, 7) is -0.653. The predicted octanol–water partition coefficient (Wildman–Crippen LogP) is 7.09. The molecule has 0 radical (unpaired) electrons. The molecule has 1 aliphatic carbocycles. The van der Waals surface area contributed by atoms with Crippen LogP contribution in [0, 0.1) is 5.82 Å². The molecule has 1 spiro atoms. The molecule has 0 saturated carbocycles. The highest BCUT2D eigenvalue weighted by atomic mass is 19.4. The zero-order chi connectivity index (χ0) is 33.3. The molecule has 47 heavy (non-hydrogen) atoms. The number of benzene rings is 4. The van der Waals surface area contributed by atoms with Gasteiger partial charge in [0.25, 0.3) is 5.91 Å². The Morgan fingerprint density at radius 2 is 1.55 bits per heavy atom. The largest absolute Gasteiger partial charge is 0.427 e. The number of nitrogens with zero attached hydrogens (tertiary/aromatic N) is 3. The Labute approximate surface area is 268 Å². The van der Waals surface area contributed by atoms with Crippen LogP contribution in [0.4, 0.5) is 28.0 Å². The van der Waals surface area contributed by atoms with Gasteiger partial charge in [-0.2, -0.15) is 13.2 Å². The molecule has 1 heterocycles. The lowest BCUT2D eigenvalue weighted by atomic mass is 9.94. The Bertz CT molecular complexity index is 1800. The van der Waals surface area contributed by atoms with Crippen molar-refractivity contribution < 1.29 is 36.7 Å². The molecule has 240 valence electrons. The Morgan fingerprint density at radius 1 is 0.936 bits per heavy atom. The second-order valence-corrected chi connectivity index (χ2v) is 11.5. The summed E-state index contributed by atoms with van der Waals surface area (Å²) in [6.07, 6.45) is -5.44. The lowest BCUT2D eigenvalue weighted by Crippen LogP contribution is -2.51. The highest BCUT2D eigenvalue weighted by molar-refractivity contribution is 6.14. The third-order valence-corrected chi connectivity index (χ3v) is 8.50. The molecule has 0 unspecified atom stereocenters. The summed E-state index contributed by atoms with van der Waals surface area (Å²) >= 11 is 0. The molecule has 0 aromatic heterocycles. The van der Waals surface area contributed by atoms with Crippen molar-refractivity contribution >= 4 is 29.3 Å². The summed E-state index contributed by atoms with van der Waals surface area (Å²) in [4.78, 5) is 46.1. The molecule has 1 saturated heterocycles. The molecule has 0 bridgehead atoms. The molecule has 3 amide bonds. The fourth-order valence-corrected chi connectivity index (χ4v) is 5.96. The molecule has 4 aromatic rings. The number of aryl methyl sites for hydroxylation is 1. The van der Waals surface area contributed by atoms with Crippen LogP contribution in [0.2, 0.25) is 0 Å². The SMILES string of the molecule is C[C@H](N(Cc1ccc(F)cc1)C(=O)CN1C(=O)O[C@@]2(CCc3cc(N=C(c4ccccc4)c4ccccc4)ccc32)C1=O)C(F)(F)F. The van der Waals surface area contributed by atoms with Gasteiger partial charge in [-0.25, -0.2) is 19.1 Å². The fourth-order valence-electron chi connectivity index (χ4n) is 5.96. The molecule has 1 fully saturated rings. The van der Waals surface area contributed by atoms with Crippen molar-refractivity contribution in [1.29, 1.82) is 0 Å². The highest BCUT2D eigenvalue weighted by Gasteiger charge is 2.58. The molecule has 1 aliphatic heterocycles. The summed E-state index contributed by atoms with van der Waals surface area (Å²) < 4.78 is 60.3. The minimum Gasteiger partial charge on any atom is -0.427 e. The number of hydrogen-bond acceptors (Lipinski definition) is 5. The maximum atomic E-state index is 13.8. The van der Waals surface area contributed by atoms with Gasteiger partial charge in [0.15, 0.2) is 0 Å². The molecule has 2 aliphatic rings. The number of alkyl halides is 3. The van der Waals surface area contributed by atoms with E-state index in [1.165, 1.54) is 12.1 Å². The number of aliphatic imine (C=N–C) groups is 1. The molecule has 4 aromatic carbocycles. The second kappa shape index (κ2) is 12.5.